The number of hydrogen-bond acceptors (Lipinski definition) is 6. The molecule has 1 saturated heterocycles. The number of likely N-dealkylation sites (tertiary alicyclic amines) is 1. The molecule has 0 N–H and O–H groups in total. The molecule has 0 spiro atoms. The number of hydrogen-bond donors (Lipinski definition) is 0. The number of carbonyl (C=O) groups excluding carboxylic acids is 1. The molecule has 2 aromatic rings. The second-order valence-electron chi connectivity index (χ2n) is 6.63. The maximum Gasteiger partial charge on any atom is 0.573 e. The van der Waals surface area contributed by atoms with E-state index in [-0.39, 0.29) is 29.5 Å². The molecule has 11 heteroatoms. The van der Waals surface area contributed by atoms with E-state index in [4.69, 9.17) is 0 Å². The molecule has 1 aliphatic heterocycles. The lowest BCUT2D eigenvalue weighted by Gasteiger charge is -2.39. The molecule has 0 saturated carbocycles. The van der Waals surface area contributed by atoms with Gasteiger partial charge in [-0.15, -0.1) is 18.3 Å². The first-order chi connectivity index (χ1) is 13.2. The van der Waals surface area contributed by atoms with Crippen molar-refractivity contribution in [2.75, 3.05) is 5.75 Å². The van der Waals surface area contributed by atoms with Gasteiger partial charge in [-0.2, -0.15) is 4.68 Å². The fourth-order valence-electron chi connectivity index (χ4n) is 3.33. The zero-order chi connectivity index (χ0) is 20.3. The van der Waals surface area contributed by atoms with Crippen LogP contribution in [0.25, 0.3) is 5.69 Å². The minimum atomic E-state index is -4.75. The molecule has 2 unspecified atom stereocenters. The second kappa shape index (κ2) is 8.38. The average molecular weight is 415 g/mol. The standard InChI is InChI=1S/C17H20F3N5O2S/c1-11-4-3-5-12(2)24(11)15(26)10-28-16-21-22-23-25(16)13-6-8-14(9-7-13)27-17(18,19)20/h6-9,11-12H,3-5,10H2,1-2H3. The van der Waals surface area contributed by atoms with Gasteiger partial charge in [0.25, 0.3) is 0 Å². The smallest absolute Gasteiger partial charge is 0.406 e. The number of halogens is 3. The van der Waals surface area contributed by atoms with Crippen molar-refractivity contribution in [1.29, 1.82) is 0 Å². The summed E-state index contributed by atoms with van der Waals surface area (Å²) in [6.45, 7) is 4.10. The quantitative estimate of drug-likeness (QED) is 0.697. The first kappa shape index (κ1) is 20.4. The predicted octanol–water partition coefficient (Wildman–Crippen LogP) is 3.44. The molecular formula is C17H20F3N5O2S. The molecule has 1 fully saturated rings. The molecule has 1 aliphatic rings. The van der Waals surface area contributed by atoms with Crippen LogP contribution in [-0.4, -0.2) is 55.2 Å². The van der Waals surface area contributed by atoms with Crippen molar-refractivity contribution in [3.63, 3.8) is 0 Å². The molecule has 0 bridgehead atoms. The van der Waals surface area contributed by atoms with Gasteiger partial charge < -0.3 is 9.64 Å². The van der Waals surface area contributed by atoms with E-state index in [2.05, 4.69) is 20.3 Å². The molecule has 28 heavy (non-hydrogen) atoms. The summed E-state index contributed by atoms with van der Waals surface area (Å²) in [5.74, 6) is -0.125. The molecule has 1 aromatic heterocycles. The molecule has 1 aromatic carbocycles. The van der Waals surface area contributed by atoms with Crippen molar-refractivity contribution in [3.8, 4) is 11.4 Å². The summed E-state index contributed by atoms with van der Waals surface area (Å²) in [7, 11) is 0. The van der Waals surface area contributed by atoms with Crippen molar-refractivity contribution in [2.45, 2.75) is 56.7 Å². The molecule has 1 amide bonds. The van der Waals surface area contributed by atoms with Gasteiger partial charge in [-0.25, -0.2) is 0 Å². The van der Waals surface area contributed by atoms with Crippen LogP contribution < -0.4 is 4.74 Å². The number of aromatic nitrogens is 4. The first-order valence-electron chi connectivity index (χ1n) is 8.83. The van der Waals surface area contributed by atoms with Crippen molar-refractivity contribution in [1.82, 2.24) is 25.1 Å². The lowest BCUT2D eigenvalue weighted by atomic mass is 9.98. The first-order valence-corrected chi connectivity index (χ1v) is 9.81. The summed E-state index contributed by atoms with van der Waals surface area (Å²) in [5, 5.41) is 11.8. The highest BCUT2D eigenvalue weighted by Crippen LogP contribution is 2.27. The van der Waals surface area contributed by atoms with E-state index in [0.717, 1.165) is 19.3 Å². The lowest BCUT2D eigenvalue weighted by Crippen LogP contribution is -2.48. The van der Waals surface area contributed by atoms with Gasteiger partial charge in [0.15, 0.2) is 0 Å². The van der Waals surface area contributed by atoms with Crippen LogP contribution in [0, 0.1) is 0 Å². The minimum Gasteiger partial charge on any atom is -0.406 e. The Balaban J connectivity index is 1.66. The van der Waals surface area contributed by atoms with Crippen LogP contribution in [0.5, 0.6) is 5.75 Å². The molecule has 152 valence electrons. The van der Waals surface area contributed by atoms with Crippen LogP contribution in [0.2, 0.25) is 0 Å². The van der Waals surface area contributed by atoms with Crippen molar-refractivity contribution in [2.24, 2.45) is 0 Å². The summed E-state index contributed by atoms with van der Waals surface area (Å²) in [5.41, 5.74) is 0.467. The molecule has 7 nitrogen and oxygen atoms in total. The highest BCUT2D eigenvalue weighted by Gasteiger charge is 2.31. The van der Waals surface area contributed by atoms with E-state index < -0.39 is 6.36 Å². The number of piperidine rings is 1. The number of ether oxygens (including phenoxy) is 1. The van der Waals surface area contributed by atoms with Crippen LogP contribution in [0.1, 0.15) is 33.1 Å². The average Bonchev–Trinajstić information content (AvgIpc) is 3.07. The third kappa shape index (κ3) is 4.94. The third-order valence-electron chi connectivity index (χ3n) is 4.56. The van der Waals surface area contributed by atoms with Crippen LogP contribution in [-0.2, 0) is 4.79 Å². The summed E-state index contributed by atoms with van der Waals surface area (Å²) < 4.78 is 42.0. The number of thioether (sulfide) groups is 1. The summed E-state index contributed by atoms with van der Waals surface area (Å²) in [6.07, 6.45) is -1.65. The van der Waals surface area contributed by atoms with Gasteiger partial charge in [-0.05, 0) is 67.8 Å². The molecule has 0 radical (unpaired) electrons. The maximum absolute atomic E-state index is 12.6. The van der Waals surface area contributed by atoms with E-state index in [9.17, 15) is 18.0 Å². The Morgan fingerprint density at radius 3 is 2.46 bits per heavy atom. The third-order valence-corrected chi connectivity index (χ3v) is 5.47. The number of carbonyl (C=O) groups is 1. The highest BCUT2D eigenvalue weighted by molar-refractivity contribution is 7.99. The van der Waals surface area contributed by atoms with E-state index in [0.29, 0.717) is 10.8 Å². The molecular weight excluding hydrogens is 395 g/mol. The van der Waals surface area contributed by atoms with E-state index in [1.807, 2.05) is 18.7 Å². The number of amides is 1. The summed E-state index contributed by atoms with van der Waals surface area (Å²) >= 11 is 1.19. The monoisotopic (exact) mass is 415 g/mol. The van der Waals surface area contributed by atoms with Crippen LogP contribution in [0.15, 0.2) is 29.4 Å². The van der Waals surface area contributed by atoms with Gasteiger partial charge in [0.05, 0.1) is 11.4 Å². The largest absolute Gasteiger partial charge is 0.573 e. The Morgan fingerprint density at radius 1 is 1.21 bits per heavy atom. The topological polar surface area (TPSA) is 73.1 Å². The van der Waals surface area contributed by atoms with Gasteiger partial charge in [0, 0.05) is 12.1 Å². The fourth-order valence-corrected chi connectivity index (χ4v) is 4.09. The molecule has 3 rings (SSSR count). The Hall–Kier alpha value is -2.30. The SMILES string of the molecule is CC1CCCC(C)N1C(=O)CSc1nnnn1-c1ccc(OC(F)(F)F)cc1. The number of tetrazole rings is 1. The van der Waals surface area contributed by atoms with Crippen LogP contribution in [0.4, 0.5) is 13.2 Å². The minimum absolute atomic E-state index is 0.0215. The molecule has 2 heterocycles. The van der Waals surface area contributed by atoms with Gasteiger partial charge in [0.2, 0.25) is 11.1 Å². The number of nitrogens with zero attached hydrogens (tertiary/aromatic N) is 5. The van der Waals surface area contributed by atoms with Gasteiger partial charge >= 0.3 is 6.36 Å². The van der Waals surface area contributed by atoms with Crippen molar-refractivity contribution < 1.29 is 22.7 Å². The summed E-state index contributed by atoms with van der Waals surface area (Å²) in [4.78, 5) is 14.6. The Morgan fingerprint density at radius 2 is 1.86 bits per heavy atom. The fraction of sp³-hybridized carbons (Fsp3) is 0.529. The Bertz CT molecular complexity index is 802. The van der Waals surface area contributed by atoms with E-state index in [1.54, 1.807) is 0 Å². The molecule has 2 atom stereocenters. The Kier molecular flexibility index (Phi) is 6.11. The Labute approximate surface area is 164 Å². The number of rotatable bonds is 5. The van der Waals surface area contributed by atoms with Crippen LogP contribution in [0.3, 0.4) is 0 Å². The van der Waals surface area contributed by atoms with Crippen LogP contribution >= 0.6 is 11.8 Å². The van der Waals surface area contributed by atoms with E-state index in [1.165, 1.54) is 40.7 Å². The van der Waals surface area contributed by atoms with Gasteiger partial charge in [-0.1, -0.05) is 11.8 Å². The number of alkyl halides is 3. The normalized spacial score (nSPS) is 20.2. The zero-order valence-electron chi connectivity index (χ0n) is 15.4. The van der Waals surface area contributed by atoms with Gasteiger partial charge in [0.1, 0.15) is 5.75 Å². The highest BCUT2D eigenvalue weighted by atomic mass is 32.2. The lowest BCUT2D eigenvalue weighted by molar-refractivity contribution is -0.274. The second-order valence-corrected chi connectivity index (χ2v) is 7.58. The number of benzene rings is 1. The van der Waals surface area contributed by atoms with Gasteiger partial charge in [-0.3, -0.25) is 4.79 Å². The van der Waals surface area contributed by atoms with E-state index >= 15 is 0 Å². The zero-order valence-corrected chi connectivity index (χ0v) is 16.2. The maximum atomic E-state index is 12.6. The predicted molar refractivity (Wildman–Crippen MR) is 96.2 cm³/mol. The molecule has 0 aliphatic carbocycles. The van der Waals surface area contributed by atoms with Crippen molar-refractivity contribution >= 4 is 17.7 Å². The van der Waals surface area contributed by atoms with Crippen molar-refractivity contribution in [3.05, 3.63) is 24.3 Å². The summed E-state index contributed by atoms with van der Waals surface area (Å²) in [6, 6.07) is 5.60.